The largest absolute Gasteiger partial charge is 0.477 e. The molecule has 1 fully saturated rings. The van der Waals surface area contributed by atoms with Crippen LogP contribution in [0.1, 0.15) is 23.2 Å². The van der Waals surface area contributed by atoms with Crippen molar-refractivity contribution in [1.29, 1.82) is 0 Å². The summed E-state index contributed by atoms with van der Waals surface area (Å²) in [6.07, 6.45) is 2.06. The zero-order valence-electron chi connectivity index (χ0n) is 11.8. The van der Waals surface area contributed by atoms with Crippen molar-refractivity contribution in [1.82, 2.24) is 0 Å². The van der Waals surface area contributed by atoms with E-state index in [1.165, 1.54) is 12.1 Å². The minimum absolute atomic E-state index is 0.283. The van der Waals surface area contributed by atoms with E-state index in [-0.39, 0.29) is 11.3 Å². The lowest BCUT2D eigenvalue weighted by Gasteiger charge is -2.34. The van der Waals surface area contributed by atoms with Crippen LogP contribution in [0, 0.1) is 16.0 Å². The fourth-order valence-electron chi connectivity index (χ4n) is 2.72. The first-order valence-corrected chi connectivity index (χ1v) is 6.78. The van der Waals surface area contributed by atoms with E-state index in [1.807, 2.05) is 4.90 Å². The summed E-state index contributed by atoms with van der Waals surface area (Å²) < 4.78 is 5.17. The minimum atomic E-state index is -1.29. The lowest BCUT2D eigenvalue weighted by Crippen LogP contribution is -2.37. The number of aromatic carboxylic acids is 1. The standard InChI is InChI=1S/C14H18N2O5/c1-21-9-10-3-2-6-15(8-10)11-4-5-12(14(17)18)13(7-11)16(19)20/h4-5,7,10H,2-3,6,8-9H2,1H3,(H,17,18). The van der Waals surface area contributed by atoms with Crippen molar-refractivity contribution < 1.29 is 19.6 Å². The van der Waals surface area contributed by atoms with Crippen molar-refractivity contribution >= 4 is 17.3 Å². The average Bonchev–Trinajstić information content (AvgIpc) is 2.47. The van der Waals surface area contributed by atoms with Gasteiger partial charge in [-0.25, -0.2) is 4.79 Å². The number of hydrogen-bond donors (Lipinski definition) is 1. The number of rotatable bonds is 5. The molecule has 1 heterocycles. The van der Waals surface area contributed by atoms with Crippen molar-refractivity contribution in [2.45, 2.75) is 12.8 Å². The van der Waals surface area contributed by atoms with E-state index in [0.29, 0.717) is 18.2 Å². The predicted molar refractivity (Wildman–Crippen MR) is 76.9 cm³/mol. The minimum Gasteiger partial charge on any atom is -0.477 e. The molecule has 1 aromatic rings. The second-order valence-electron chi connectivity index (χ2n) is 5.17. The van der Waals surface area contributed by atoms with Gasteiger partial charge in [0.1, 0.15) is 5.56 Å². The molecule has 7 heteroatoms. The number of nitro benzene ring substituents is 1. The molecule has 1 saturated heterocycles. The fraction of sp³-hybridized carbons (Fsp3) is 0.500. The third kappa shape index (κ3) is 3.49. The van der Waals surface area contributed by atoms with E-state index in [4.69, 9.17) is 9.84 Å². The fourth-order valence-corrected chi connectivity index (χ4v) is 2.72. The first-order chi connectivity index (χ1) is 10.0. The molecule has 0 saturated carbocycles. The number of nitro groups is 1. The number of ether oxygens (including phenoxy) is 1. The number of carboxylic acid groups (broad SMARTS) is 1. The topological polar surface area (TPSA) is 92.9 Å². The molecule has 0 bridgehead atoms. The quantitative estimate of drug-likeness (QED) is 0.660. The Bertz CT molecular complexity index is 544. The molecule has 1 atom stereocenters. The molecule has 0 aromatic heterocycles. The van der Waals surface area contributed by atoms with E-state index >= 15 is 0 Å². The summed E-state index contributed by atoms with van der Waals surface area (Å²) >= 11 is 0. The van der Waals surface area contributed by atoms with E-state index in [2.05, 4.69) is 0 Å². The van der Waals surface area contributed by atoms with Crippen LogP contribution in [-0.4, -0.2) is 42.8 Å². The highest BCUT2D eigenvalue weighted by Gasteiger charge is 2.24. The Morgan fingerprint density at radius 1 is 1.57 bits per heavy atom. The number of hydrogen-bond acceptors (Lipinski definition) is 5. The molecule has 1 aromatic carbocycles. The smallest absolute Gasteiger partial charge is 0.342 e. The number of nitrogens with zero attached hydrogens (tertiary/aromatic N) is 2. The third-order valence-electron chi connectivity index (χ3n) is 3.69. The first-order valence-electron chi connectivity index (χ1n) is 6.78. The van der Waals surface area contributed by atoms with E-state index in [1.54, 1.807) is 13.2 Å². The summed E-state index contributed by atoms with van der Waals surface area (Å²) in [5, 5.41) is 20.0. The highest BCUT2D eigenvalue weighted by molar-refractivity contribution is 5.93. The Morgan fingerprint density at radius 2 is 2.33 bits per heavy atom. The zero-order valence-corrected chi connectivity index (χ0v) is 11.8. The van der Waals surface area contributed by atoms with Gasteiger partial charge in [0.2, 0.25) is 0 Å². The summed E-state index contributed by atoms with van der Waals surface area (Å²) in [7, 11) is 1.66. The van der Waals surface area contributed by atoms with Crippen LogP contribution in [0.2, 0.25) is 0 Å². The molecule has 1 aliphatic rings. The van der Waals surface area contributed by atoms with E-state index in [9.17, 15) is 14.9 Å². The maximum Gasteiger partial charge on any atom is 0.342 e. The zero-order chi connectivity index (χ0) is 15.4. The average molecular weight is 294 g/mol. The molecule has 2 rings (SSSR count). The highest BCUT2D eigenvalue weighted by Crippen LogP contribution is 2.29. The molecular formula is C14H18N2O5. The molecule has 0 spiro atoms. The van der Waals surface area contributed by atoms with Crippen LogP contribution in [0.25, 0.3) is 0 Å². The summed E-state index contributed by atoms with van der Waals surface area (Å²) in [4.78, 5) is 23.4. The van der Waals surface area contributed by atoms with Gasteiger partial charge < -0.3 is 14.7 Å². The van der Waals surface area contributed by atoms with Gasteiger partial charge in [-0.05, 0) is 30.9 Å². The second-order valence-corrected chi connectivity index (χ2v) is 5.17. The number of anilines is 1. The normalized spacial score (nSPS) is 18.5. The Morgan fingerprint density at radius 3 is 2.95 bits per heavy atom. The van der Waals surface area contributed by atoms with Crippen LogP contribution in [-0.2, 0) is 4.74 Å². The Labute approximate surface area is 122 Å². The van der Waals surface area contributed by atoms with E-state index in [0.717, 1.165) is 25.9 Å². The molecule has 114 valence electrons. The third-order valence-corrected chi connectivity index (χ3v) is 3.69. The summed E-state index contributed by atoms with van der Waals surface area (Å²) in [5.74, 6) is -0.897. The number of carboxylic acids is 1. The summed E-state index contributed by atoms with van der Waals surface area (Å²) in [5.41, 5.74) is 0.0376. The summed E-state index contributed by atoms with van der Waals surface area (Å²) in [6, 6.07) is 4.28. The molecule has 21 heavy (non-hydrogen) atoms. The lowest BCUT2D eigenvalue weighted by molar-refractivity contribution is -0.385. The molecule has 0 radical (unpaired) electrons. The SMILES string of the molecule is COCC1CCCN(c2ccc(C(=O)O)c([N+](=O)[O-])c2)C1. The van der Waals surface area contributed by atoms with Crippen LogP contribution in [0.4, 0.5) is 11.4 Å². The molecule has 1 aliphatic heterocycles. The van der Waals surface area contributed by atoms with Gasteiger partial charge in [-0.15, -0.1) is 0 Å². The van der Waals surface area contributed by atoms with Crippen molar-refractivity contribution in [3.05, 3.63) is 33.9 Å². The molecule has 0 aliphatic carbocycles. The molecular weight excluding hydrogens is 276 g/mol. The maximum atomic E-state index is 11.0. The maximum absolute atomic E-state index is 11.0. The van der Waals surface area contributed by atoms with Crippen LogP contribution >= 0.6 is 0 Å². The van der Waals surface area contributed by atoms with Gasteiger partial charge >= 0.3 is 5.97 Å². The van der Waals surface area contributed by atoms with Crippen molar-refractivity contribution in [3.8, 4) is 0 Å². The first kappa shape index (κ1) is 15.2. The van der Waals surface area contributed by atoms with Crippen molar-refractivity contribution in [2.75, 3.05) is 31.7 Å². The van der Waals surface area contributed by atoms with Gasteiger partial charge in [-0.3, -0.25) is 10.1 Å². The number of methoxy groups -OCH3 is 1. The number of carbonyl (C=O) groups is 1. The number of piperidine rings is 1. The Kier molecular flexibility index (Phi) is 4.74. The molecule has 1 N–H and O–H groups in total. The van der Waals surface area contributed by atoms with Gasteiger partial charge in [-0.2, -0.15) is 0 Å². The van der Waals surface area contributed by atoms with E-state index < -0.39 is 10.9 Å². The number of benzene rings is 1. The lowest BCUT2D eigenvalue weighted by atomic mass is 9.98. The predicted octanol–water partition coefficient (Wildman–Crippen LogP) is 2.16. The van der Waals surface area contributed by atoms with Gasteiger partial charge in [-0.1, -0.05) is 0 Å². The van der Waals surface area contributed by atoms with Crippen LogP contribution < -0.4 is 4.90 Å². The van der Waals surface area contributed by atoms with Crippen molar-refractivity contribution in [2.24, 2.45) is 5.92 Å². The monoisotopic (exact) mass is 294 g/mol. The molecule has 7 nitrogen and oxygen atoms in total. The van der Waals surface area contributed by atoms with Gasteiger partial charge in [0.05, 0.1) is 11.5 Å². The van der Waals surface area contributed by atoms with Gasteiger partial charge in [0.15, 0.2) is 0 Å². The van der Waals surface area contributed by atoms with Gasteiger partial charge in [0.25, 0.3) is 5.69 Å². The van der Waals surface area contributed by atoms with Crippen LogP contribution in [0.15, 0.2) is 18.2 Å². The molecule has 1 unspecified atom stereocenters. The summed E-state index contributed by atoms with van der Waals surface area (Å²) in [6.45, 7) is 2.23. The Hall–Kier alpha value is -2.15. The van der Waals surface area contributed by atoms with Crippen LogP contribution in [0.5, 0.6) is 0 Å². The van der Waals surface area contributed by atoms with Crippen LogP contribution in [0.3, 0.4) is 0 Å². The van der Waals surface area contributed by atoms with Crippen molar-refractivity contribution in [3.63, 3.8) is 0 Å². The second kappa shape index (κ2) is 6.53. The van der Waals surface area contributed by atoms with Gasteiger partial charge in [0, 0.05) is 32.0 Å². The highest BCUT2D eigenvalue weighted by atomic mass is 16.6. The molecule has 0 amide bonds. The Balaban J connectivity index is 2.25.